The molecule has 0 aromatic rings. The van der Waals surface area contributed by atoms with Crippen molar-refractivity contribution in [3.63, 3.8) is 0 Å². The van der Waals surface area contributed by atoms with Gasteiger partial charge in [0, 0.05) is 25.7 Å². The van der Waals surface area contributed by atoms with Gasteiger partial charge in [-0.25, -0.2) is 0 Å². The second kappa shape index (κ2) is 6.72. The molecule has 0 radical (unpaired) electrons. The van der Waals surface area contributed by atoms with Gasteiger partial charge in [0.05, 0.1) is 6.10 Å². The average Bonchev–Trinajstić information content (AvgIpc) is 2.74. The number of nitrogens with zero attached hydrogens (tertiary/aromatic N) is 1. The van der Waals surface area contributed by atoms with Crippen molar-refractivity contribution in [3.05, 3.63) is 0 Å². The molecule has 2 saturated heterocycles. The Bertz CT molecular complexity index is 216. The highest BCUT2D eigenvalue weighted by molar-refractivity contribution is 4.77. The van der Waals surface area contributed by atoms with Crippen molar-refractivity contribution in [2.75, 3.05) is 32.8 Å². The van der Waals surface area contributed by atoms with Crippen LogP contribution in [-0.2, 0) is 4.74 Å². The molecule has 0 aliphatic carbocycles. The van der Waals surface area contributed by atoms with Crippen LogP contribution in [0.5, 0.6) is 0 Å². The van der Waals surface area contributed by atoms with Gasteiger partial charge in [-0.3, -0.25) is 0 Å². The van der Waals surface area contributed by atoms with Gasteiger partial charge in [0.1, 0.15) is 0 Å². The topological polar surface area (TPSA) is 24.5 Å². The summed E-state index contributed by atoms with van der Waals surface area (Å²) in [5, 5.41) is 3.68. The fourth-order valence-corrected chi connectivity index (χ4v) is 2.99. The summed E-state index contributed by atoms with van der Waals surface area (Å²) in [6.07, 6.45) is 5.88. The fourth-order valence-electron chi connectivity index (χ4n) is 2.99. The summed E-state index contributed by atoms with van der Waals surface area (Å²) in [4.78, 5) is 2.61. The monoisotopic (exact) mass is 240 g/mol. The van der Waals surface area contributed by atoms with Crippen LogP contribution in [0.1, 0.15) is 39.5 Å². The predicted molar refractivity (Wildman–Crippen MR) is 71.3 cm³/mol. The number of hydrogen-bond acceptors (Lipinski definition) is 3. The van der Waals surface area contributed by atoms with Gasteiger partial charge in [-0.2, -0.15) is 0 Å². The van der Waals surface area contributed by atoms with E-state index in [0.29, 0.717) is 12.1 Å². The standard InChI is InChI=1S/C14H28N2O/c1-12(11-16-7-4-3-5-8-16)15-10-14-6-9-17-13(14)2/h12-15H,3-11H2,1-2H3. The summed E-state index contributed by atoms with van der Waals surface area (Å²) >= 11 is 0. The Balaban J connectivity index is 1.61. The molecule has 2 rings (SSSR count). The van der Waals surface area contributed by atoms with E-state index < -0.39 is 0 Å². The third kappa shape index (κ3) is 4.23. The molecule has 2 aliphatic rings. The van der Waals surface area contributed by atoms with E-state index in [-0.39, 0.29) is 0 Å². The van der Waals surface area contributed by atoms with Gasteiger partial charge >= 0.3 is 0 Å². The normalized spacial score (nSPS) is 32.8. The summed E-state index contributed by atoms with van der Waals surface area (Å²) in [5.74, 6) is 0.721. The molecule has 3 atom stereocenters. The number of hydrogen-bond donors (Lipinski definition) is 1. The van der Waals surface area contributed by atoms with Gasteiger partial charge in [0.15, 0.2) is 0 Å². The van der Waals surface area contributed by atoms with Crippen LogP contribution in [-0.4, -0.2) is 49.8 Å². The first-order chi connectivity index (χ1) is 8.25. The lowest BCUT2D eigenvalue weighted by atomic mass is 10.0. The third-order valence-electron chi connectivity index (χ3n) is 4.24. The Morgan fingerprint density at radius 1 is 1.29 bits per heavy atom. The van der Waals surface area contributed by atoms with Crippen LogP contribution < -0.4 is 5.32 Å². The van der Waals surface area contributed by atoms with E-state index in [2.05, 4.69) is 24.1 Å². The van der Waals surface area contributed by atoms with Crippen LogP contribution in [0.3, 0.4) is 0 Å². The van der Waals surface area contributed by atoms with E-state index in [1.54, 1.807) is 0 Å². The molecule has 0 aromatic carbocycles. The van der Waals surface area contributed by atoms with Crippen molar-refractivity contribution in [2.45, 2.75) is 51.7 Å². The lowest BCUT2D eigenvalue weighted by Gasteiger charge is -2.30. The summed E-state index contributed by atoms with van der Waals surface area (Å²) in [5.41, 5.74) is 0. The van der Waals surface area contributed by atoms with Gasteiger partial charge in [-0.1, -0.05) is 6.42 Å². The predicted octanol–water partition coefficient (Wildman–Crippen LogP) is 1.88. The first-order valence-corrected chi connectivity index (χ1v) is 7.33. The number of ether oxygens (including phenoxy) is 1. The second-order valence-corrected chi connectivity index (χ2v) is 5.80. The minimum absolute atomic E-state index is 0.449. The molecule has 100 valence electrons. The molecule has 17 heavy (non-hydrogen) atoms. The number of piperidine rings is 1. The Kier molecular flexibility index (Phi) is 5.26. The van der Waals surface area contributed by atoms with Crippen LogP contribution in [0.25, 0.3) is 0 Å². The van der Waals surface area contributed by atoms with Crippen molar-refractivity contribution in [2.24, 2.45) is 5.92 Å². The number of likely N-dealkylation sites (tertiary alicyclic amines) is 1. The van der Waals surface area contributed by atoms with E-state index in [1.807, 2.05) is 0 Å². The van der Waals surface area contributed by atoms with Crippen LogP contribution in [0.15, 0.2) is 0 Å². The van der Waals surface area contributed by atoms with E-state index >= 15 is 0 Å². The molecular formula is C14H28N2O. The van der Waals surface area contributed by atoms with Crippen molar-refractivity contribution >= 4 is 0 Å². The Hall–Kier alpha value is -0.120. The molecule has 0 bridgehead atoms. The highest BCUT2D eigenvalue weighted by atomic mass is 16.5. The van der Waals surface area contributed by atoms with Crippen molar-refractivity contribution in [3.8, 4) is 0 Å². The largest absolute Gasteiger partial charge is 0.378 e. The maximum Gasteiger partial charge on any atom is 0.0588 e. The molecule has 3 heteroatoms. The van der Waals surface area contributed by atoms with Crippen molar-refractivity contribution < 1.29 is 4.74 Å². The van der Waals surface area contributed by atoms with Gasteiger partial charge in [0.2, 0.25) is 0 Å². The smallest absolute Gasteiger partial charge is 0.0588 e. The number of nitrogens with one attached hydrogen (secondary N) is 1. The molecule has 3 nitrogen and oxygen atoms in total. The molecule has 2 heterocycles. The molecular weight excluding hydrogens is 212 g/mol. The zero-order chi connectivity index (χ0) is 12.1. The molecule has 0 saturated carbocycles. The van der Waals surface area contributed by atoms with Gasteiger partial charge in [-0.05, 0) is 52.1 Å². The molecule has 0 amide bonds. The van der Waals surface area contributed by atoms with Crippen molar-refractivity contribution in [1.82, 2.24) is 10.2 Å². The Labute approximate surface area is 106 Å². The maximum atomic E-state index is 5.60. The lowest BCUT2D eigenvalue weighted by Crippen LogP contribution is -2.43. The van der Waals surface area contributed by atoms with Gasteiger partial charge in [0.25, 0.3) is 0 Å². The minimum atomic E-state index is 0.449. The molecule has 2 aliphatic heterocycles. The van der Waals surface area contributed by atoms with Crippen molar-refractivity contribution in [1.29, 1.82) is 0 Å². The molecule has 0 spiro atoms. The van der Waals surface area contributed by atoms with E-state index in [0.717, 1.165) is 19.1 Å². The van der Waals surface area contributed by atoms with Crippen LogP contribution in [0.4, 0.5) is 0 Å². The summed E-state index contributed by atoms with van der Waals surface area (Å²) in [7, 11) is 0. The summed E-state index contributed by atoms with van der Waals surface area (Å²) < 4.78 is 5.60. The lowest BCUT2D eigenvalue weighted by molar-refractivity contribution is 0.104. The number of rotatable bonds is 5. The highest BCUT2D eigenvalue weighted by Gasteiger charge is 2.24. The SMILES string of the molecule is CC(CN1CCCCC1)NCC1CCOC1C. The Morgan fingerprint density at radius 3 is 2.71 bits per heavy atom. The first kappa shape index (κ1) is 13.3. The zero-order valence-corrected chi connectivity index (χ0v) is 11.5. The van der Waals surface area contributed by atoms with Crippen LogP contribution in [0, 0.1) is 5.92 Å². The van der Waals surface area contributed by atoms with Crippen LogP contribution >= 0.6 is 0 Å². The molecule has 3 unspecified atom stereocenters. The quantitative estimate of drug-likeness (QED) is 0.794. The van der Waals surface area contributed by atoms with E-state index in [9.17, 15) is 0 Å². The maximum absolute atomic E-state index is 5.60. The zero-order valence-electron chi connectivity index (χ0n) is 11.5. The van der Waals surface area contributed by atoms with E-state index in [4.69, 9.17) is 4.74 Å². The van der Waals surface area contributed by atoms with Gasteiger partial charge in [-0.15, -0.1) is 0 Å². The highest BCUT2D eigenvalue weighted by Crippen LogP contribution is 2.19. The van der Waals surface area contributed by atoms with Crippen LogP contribution in [0.2, 0.25) is 0 Å². The van der Waals surface area contributed by atoms with E-state index in [1.165, 1.54) is 45.3 Å². The molecule has 2 fully saturated rings. The second-order valence-electron chi connectivity index (χ2n) is 5.80. The average molecular weight is 240 g/mol. The first-order valence-electron chi connectivity index (χ1n) is 7.33. The third-order valence-corrected chi connectivity index (χ3v) is 4.24. The fraction of sp³-hybridized carbons (Fsp3) is 1.00. The Morgan fingerprint density at radius 2 is 2.06 bits per heavy atom. The van der Waals surface area contributed by atoms with Gasteiger partial charge < -0.3 is 15.0 Å². The molecule has 0 aromatic heterocycles. The summed E-state index contributed by atoms with van der Waals surface area (Å²) in [6.45, 7) is 10.4. The minimum Gasteiger partial charge on any atom is -0.378 e. The summed E-state index contributed by atoms with van der Waals surface area (Å²) in [6, 6.07) is 0.612. The molecule has 1 N–H and O–H groups in total.